The lowest BCUT2D eigenvalue weighted by Crippen LogP contribution is -2.39. The van der Waals surface area contributed by atoms with Crippen LogP contribution < -0.4 is 0 Å². The molecule has 1 saturated heterocycles. The summed E-state index contributed by atoms with van der Waals surface area (Å²) in [5, 5.41) is 2.13. The summed E-state index contributed by atoms with van der Waals surface area (Å²) in [5.74, 6) is 0.0842. The van der Waals surface area contributed by atoms with E-state index in [1.807, 2.05) is 18.3 Å². The highest BCUT2D eigenvalue weighted by molar-refractivity contribution is 7.09. The summed E-state index contributed by atoms with van der Waals surface area (Å²) < 4.78 is 5.13. The van der Waals surface area contributed by atoms with E-state index in [0.29, 0.717) is 6.61 Å². The SMILES string of the molecule is CCOC(=O)[C@H]1CCCN(CCCc2cccs2)C1. The van der Waals surface area contributed by atoms with Crippen LogP contribution in [-0.4, -0.2) is 37.1 Å². The minimum Gasteiger partial charge on any atom is -0.466 e. The number of aryl methyl sites for hydroxylation is 1. The summed E-state index contributed by atoms with van der Waals surface area (Å²) in [7, 11) is 0. The third-order valence-electron chi connectivity index (χ3n) is 3.60. The van der Waals surface area contributed by atoms with Gasteiger partial charge in [-0.3, -0.25) is 4.79 Å². The lowest BCUT2D eigenvalue weighted by atomic mass is 9.98. The second-order valence-electron chi connectivity index (χ2n) is 5.07. The van der Waals surface area contributed by atoms with E-state index in [0.717, 1.165) is 38.9 Å². The van der Waals surface area contributed by atoms with Crippen molar-refractivity contribution in [3.05, 3.63) is 22.4 Å². The molecule has 0 N–H and O–H groups in total. The molecule has 1 aromatic rings. The van der Waals surface area contributed by atoms with E-state index in [4.69, 9.17) is 4.74 Å². The van der Waals surface area contributed by atoms with Crippen LogP contribution in [0.3, 0.4) is 0 Å². The van der Waals surface area contributed by atoms with E-state index in [-0.39, 0.29) is 11.9 Å². The second-order valence-corrected chi connectivity index (χ2v) is 6.11. The number of hydrogen-bond donors (Lipinski definition) is 0. The molecule has 0 amide bonds. The number of nitrogens with zero attached hydrogens (tertiary/aromatic N) is 1. The number of carbonyl (C=O) groups is 1. The molecule has 0 saturated carbocycles. The number of esters is 1. The topological polar surface area (TPSA) is 29.5 Å². The molecule has 1 aliphatic rings. The molecule has 0 aliphatic carbocycles. The first kappa shape index (κ1) is 14.5. The monoisotopic (exact) mass is 281 g/mol. The van der Waals surface area contributed by atoms with Crippen molar-refractivity contribution in [3.8, 4) is 0 Å². The molecule has 106 valence electrons. The fraction of sp³-hybridized carbons (Fsp3) is 0.667. The maximum atomic E-state index is 11.8. The fourth-order valence-corrected chi connectivity index (χ4v) is 3.39. The van der Waals surface area contributed by atoms with Crippen molar-refractivity contribution in [2.45, 2.75) is 32.6 Å². The van der Waals surface area contributed by atoms with Crippen LogP contribution >= 0.6 is 11.3 Å². The van der Waals surface area contributed by atoms with Gasteiger partial charge in [-0.1, -0.05) is 6.07 Å². The molecule has 3 nitrogen and oxygen atoms in total. The Morgan fingerprint density at radius 1 is 1.58 bits per heavy atom. The first-order valence-corrected chi connectivity index (χ1v) is 8.09. The van der Waals surface area contributed by atoms with Gasteiger partial charge in [-0.25, -0.2) is 0 Å². The molecule has 0 unspecified atom stereocenters. The molecule has 4 heteroatoms. The van der Waals surface area contributed by atoms with Gasteiger partial charge in [0, 0.05) is 11.4 Å². The Morgan fingerprint density at radius 3 is 3.21 bits per heavy atom. The summed E-state index contributed by atoms with van der Waals surface area (Å²) >= 11 is 1.83. The molecular weight excluding hydrogens is 258 g/mol. The highest BCUT2D eigenvalue weighted by Gasteiger charge is 2.26. The average molecular weight is 281 g/mol. The maximum absolute atomic E-state index is 11.8. The second kappa shape index (κ2) is 7.65. The van der Waals surface area contributed by atoms with Gasteiger partial charge in [0.05, 0.1) is 12.5 Å². The van der Waals surface area contributed by atoms with E-state index in [9.17, 15) is 4.79 Å². The first-order chi connectivity index (χ1) is 9.29. The Morgan fingerprint density at radius 2 is 2.47 bits per heavy atom. The molecule has 0 bridgehead atoms. The van der Waals surface area contributed by atoms with Gasteiger partial charge in [-0.05, 0) is 57.1 Å². The predicted octanol–water partition coefficient (Wildman–Crippen LogP) is 2.96. The number of carbonyl (C=O) groups excluding carboxylic acids is 1. The van der Waals surface area contributed by atoms with Crippen LogP contribution in [0.25, 0.3) is 0 Å². The number of rotatable bonds is 6. The zero-order valence-electron chi connectivity index (χ0n) is 11.6. The smallest absolute Gasteiger partial charge is 0.310 e. The number of hydrogen-bond acceptors (Lipinski definition) is 4. The van der Waals surface area contributed by atoms with Crippen molar-refractivity contribution >= 4 is 17.3 Å². The van der Waals surface area contributed by atoms with Crippen molar-refractivity contribution in [1.29, 1.82) is 0 Å². The van der Waals surface area contributed by atoms with Gasteiger partial charge in [0.2, 0.25) is 0 Å². The van der Waals surface area contributed by atoms with E-state index in [2.05, 4.69) is 22.4 Å². The molecule has 1 atom stereocenters. The molecule has 19 heavy (non-hydrogen) atoms. The average Bonchev–Trinajstić information content (AvgIpc) is 2.93. The maximum Gasteiger partial charge on any atom is 0.310 e. The molecular formula is C15H23NO2S. The third kappa shape index (κ3) is 4.62. The van der Waals surface area contributed by atoms with E-state index < -0.39 is 0 Å². The van der Waals surface area contributed by atoms with Crippen molar-refractivity contribution in [3.63, 3.8) is 0 Å². The standard InChI is InChI=1S/C15H23NO2S/c1-2-18-15(17)13-6-3-9-16(12-13)10-4-7-14-8-5-11-19-14/h5,8,11,13H,2-4,6-7,9-10,12H2,1H3/t13-/m0/s1. The lowest BCUT2D eigenvalue weighted by molar-refractivity contribution is -0.149. The first-order valence-electron chi connectivity index (χ1n) is 7.21. The molecule has 1 aromatic heterocycles. The zero-order valence-corrected chi connectivity index (χ0v) is 12.5. The van der Waals surface area contributed by atoms with Crippen LogP contribution in [0, 0.1) is 5.92 Å². The lowest BCUT2D eigenvalue weighted by Gasteiger charge is -2.31. The Hall–Kier alpha value is -0.870. The van der Waals surface area contributed by atoms with Gasteiger partial charge in [0.25, 0.3) is 0 Å². The van der Waals surface area contributed by atoms with Crippen LogP contribution in [0.4, 0.5) is 0 Å². The van der Waals surface area contributed by atoms with Crippen molar-refractivity contribution < 1.29 is 9.53 Å². The predicted molar refractivity (Wildman–Crippen MR) is 78.4 cm³/mol. The van der Waals surface area contributed by atoms with Gasteiger partial charge in [0.1, 0.15) is 0 Å². The fourth-order valence-electron chi connectivity index (χ4n) is 2.64. The normalized spacial score (nSPS) is 20.4. The minimum atomic E-state index is -0.00884. The van der Waals surface area contributed by atoms with Gasteiger partial charge in [0.15, 0.2) is 0 Å². The minimum absolute atomic E-state index is 0.00884. The zero-order chi connectivity index (χ0) is 13.5. The molecule has 2 rings (SSSR count). The quantitative estimate of drug-likeness (QED) is 0.751. The summed E-state index contributed by atoms with van der Waals surface area (Å²) in [6, 6.07) is 4.31. The van der Waals surface area contributed by atoms with Crippen LogP contribution in [0.15, 0.2) is 17.5 Å². The number of thiophene rings is 1. The highest BCUT2D eigenvalue weighted by Crippen LogP contribution is 2.19. The highest BCUT2D eigenvalue weighted by atomic mass is 32.1. The third-order valence-corrected chi connectivity index (χ3v) is 4.54. The Kier molecular flexibility index (Phi) is 5.86. The Labute approximate surface area is 119 Å². The van der Waals surface area contributed by atoms with Crippen LogP contribution in [-0.2, 0) is 16.0 Å². The molecule has 0 radical (unpaired) electrons. The Balaban J connectivity index is 1.70. The summed E-state index contributed by atoms with van der Waals surface area (Å²) in [4.78, 5) is 15.6. The van der Waals surface area contributed by atoms with Crippen molar-refractivity contribution in [2.24, 2.45) is 5.92 Å². The van der Waals surface area contributed by atoms with Crippen LogP contribution in [0.1, 0.15) is 31.1 Å². The summed E-state index contributed by atoms with van der Waals surface area (Å²) in [5.41, 5.74) is 0. The molecule has 2 heterocycles. The number of ether oxygens (including phenoxy) is 1. The molecule has 0 aromatic carbocycles. The van der Waals surface area contributed by atoms with Gasteiger partial charge < -0.3 is 9.64 Å². The van der Waals surface area contributed by atoms with Gasteiger partial charge >= 0.3 is 5.97 Å². The number of likely N-dealkylation sites (tertiary alicyclic amines) is 1. The van der Waals surface area contributed by atoms with E-state index >= 15 is 0 Å². The van der Waals surface area contributed by atoms with Gasteiger partial charge in [-0.15, -0.1) is 11.3 Å². The van der Waals surface area contributed by atoms with Crippen LogP contribution in [0.5, 0.6) is 0 Å². The van der Waals surface area contributed by atoms with Crippen molar-refractivity contribution in [1.82, 2.24) is 4.90 Å². The molecule has 1 aliphatic heterocycles. The molecule has 0 spiro atoms. The van der Waals surface area contributed by atoms with E-state index in [1.54, 1.807) is 0 Å². The van der Waals surface area contributed by atoms with E-state index in [1.165, 1.54) is 11.3 Å². The Bertz CT molecular complexity index is 378. The van der Waals surface area contributed by atoms with Gasteiger partial charge in [-0.2, -0.15) is 0 Å². The van der Waals surface area contributed by atoms with Crippen molar-refractivity contribution in [2.75, 3.05) is 26.2 Å². The molecule has 1 fully saturated rings. The largest absolute Gasteiger partial charge is 0.466 e. The number of piperidine rings is 1. The van der Waals surface area contributed by atoms with Crippen LogP contribution in [0.2, 0.25) is 0 Å². The summed E-state index contributed by atoms with van der Waals surface area (Å²) in [6.07, 6.45) is 4.43. The summed E-state index contributed by atoms with van der Waals surface area (Å²) in [6.45, 7) is 5.46.